The van der Waals surface area contributed by atoms with Crippen molar-refractivity contribution in [3.05, 3.63) is 0 Å². The molecule has 0 heterocycles. The molecule has 4 nitrogen and oxygen atoms in total. The lowest BCUT2D eigenvalue weighted by Gasteiger charge is -2.33. The van der Waals surface area contributed by atoms with Crippen LogP contribution < -0.4 is 0 Å². The quantitative estimate of drug-likeness (QED) is 0.781. The van der Waals surface area contributed by atoms with Gasteiger partial charge in [0.25, 0.3) is 0 Å². The number of carbonyl (C=O) groups excluding carboxylic acids is 1. The number of carboxylic acid groups (broad SMARTS) is 1. The van der Waals surface area contributed by atoms with Crippen LogP contribution >= 0.6 is 0 Å². The number of hydrogen-bond acceptors (Lipinski definition) is 2. The summed E-state index contributed by atoms with van der Waals surface area (Å²) in [5.74, 6) is -0.910. The molecule has 1 aliphatic carbocycles. The average Bonchev–Trinajstić information content (AvgIpc) is 2.27. The van der Waals surface area contributed by atoms with Gasteiger partial charge in [0.05, 0.1) is 0 Å². The number of hydrogen-bond donors (Lipinski definition) is 1. The largest absolute Gasteiger partial charge is 0.480 e. The first-order chi connectivity index (χ1) is 7.65. The van der Waals surface area contributed by atoms with Crippen LogP contribution in [0, 0.1) is 0 Å². The highest BCUT2D eigenvalue weighted by molar-refractivity contribution is 5.81. The Morgan fingerprint density at radius 3 is 2.38 bits per heavy atom. The van der Waals surface area contributed by atoms with Crippen molar-refractivity contribution in [3.8, 4) is 0 Å². The summed E-state index contributed by atoms with van der Waals surface area (Å²) >= 11 is 0. The van der Waals surface area contributed by atoms with Gasteiger partial charge in [-0.05, 0) is 19.3 Å². The molecule has 0 aromatic carbocycles. The van der Waals surface area contributed by atoms with E-state index in [2.05, 4.69) is 0 Å². The molecule has 92 valence electrons. The summed E-state index contributed by atoms with van der Waals surface area (Å²) in [5.41, 5.74) is 0. The molecule has 4 heteroatoms. The zero-order valence-electron chi connectivity index (χ0n) is 9.95. The Balaban J connectivity index is 2.60. The van der Waals surface area contributed by atoms with Gasteiger partial charge in [0.2, 0.25) is 5.91 Å². The van der Waals surface area contributed by atoms with Crippen LogP contribution in [0.4, 0.5) is 0 Å². The van der Waals surface area contributed by atoms with Gasteiger partial charge >= 0.3 is 5.97 Å². The molecule has 0 atom stereocenters. The van der Waals surface area contributed by atoms with Gasteiger partial charge in [0.1, 0.15) is 6.54 Å². The molecule has 0 aromatic rings. The minimum absolute atomic E-state index is 0.00296. The zero-order chi connectivity index (χ0) is 12.0. The molecule has 0 saturated heterocycles. The van der Waals surface area contributed by atoms with Crippen molar-refractivity contribution in [1.82, 2.24) is 4.90 Å². The summed E-state index contributed by atoms with van der Waals surface area (Å²) in [4.78, 5) is 24.2. The lowest BCUT2D eigenvalue weighted by Crippen LogP contribution is -2.44. The molecule has 0 aliphatic heterocycles. The van der Waals surface area contributed by atoms with Gasteiger partial charge in [-0.25, -0.2) is 0 Å². The Labute approximate surface area is 96.6 Å². The van der Waals surface area contributed by atoms with Crippen molar-refractivity contribution in [2.24, 2.45) is 0 Å². The smallest absolute Gasteiger partial charge is 0.323 e. The summed E-state index contributed by atoms with van der Waals surface area (Å²) < 4.78 is 0. The fourth-order valence-electron chi connectivity index (χ4n) is 2.32. The van der Waals surface area contributed by atoms with E-state index in [0.29, 0.717) is 6.42 Å². The van der Waals surface area contributed by atoms with Crippen molar-refractivity contribution in [1.29, 1.82) is 0 Å². The van der Waals surface area contributed by atoms with E-state index in [1.54, 1.807) is 4.90 Å². The third-order valence-corrected chi connectivity index (χ3v) is 3.11. The van der Waals surface area contributed by atoms with Crippen molar-refractivity contribution < 1.29 is 14.7 Å². The van der Waals surface area contributed by atoms with Gasteiger partial charge in [-0.1, -0.05) is 26.2 Å². The van der Waals surface area contributed by atoms with E-state index < -0.39 is 5.97 Å². The van der Waals surface area contributed by atoms with Crippen LogP contribution in [0.15, 0.2) is 0 Å². The number of rotatable bonds is 5. The second kappa shape index (κ2) is 6.51. The minimum Gasteiger partial charge on any atom is -0.480 e. The number of amides is 1. The Hall–Kier alpha value is -1.06. The minimum atomic E-state index is -0.907. The van der Waals surface area contributed by atoms with Crippen LogP contribution in [-0.2, 0) is 9.59 Å². The van der Waals surface area contributed by atoms with Gasteiger partial charge in [-0.3, -0.25) is 9.59 Å². The van der Waals surface area contributed by atoms with E-state index in [4.69, 9.17) is 5.11 Å². The molecular weight excluding hydrogens is 206 g/mol. The van der Waals surface area contributed by atoms with E-state index in [-0.39, 0.29) is 18.5 Å². The third kappa shape index (κ3) is 3.83. The topological polar surface area (TPSA) is 57.6 Å². The molecule has 1 aliphatic rings. The molecule has 0 aromatic heterocycles. The summed E-state index contributed by atoms with van der Waals surface area (Å²) in [5, 5.41) is 8.84. The second-order valence-electron chi connectivity index (χ2n) is 4.46. The third-order valence-electron chi connectivity index (χ3n) is 3.11. The lowest BCUT2D eigenvalue weighted by molar-refractivity contribution is -0.146. The standard InChI is InChI=1S/C12H21NO3/c1-2-6-11(14)13(9-12(15)16)10-7-4-3-5-8-10/h10H,2-9H2,1H3,(H,15,16). The molecule has 0 radical (unpaired) electrons. The summed E-state index contributed by atoms with van der Waals surface area (Å²) in [7, 11) is 0. The van der Waals surface area contributed by atoms with Crippen molar-refractivity contribution in [2.75, 3.05) is 6.54 Å². The van der Waals surface area contributed by atoms with E-state index in [0.717, 1.165) is 32.1 Å². The van der Waals surface area contributed by atoms with Crippen LogP contribution in [0.1, 0.15) is 51.9 Å². The van der Waals surface area contributed by atoms with Crippen LogP contribution in [0.3, 0.4) is 0 Å². The van der Waals surface area contributed by atoms with Crippen molar-refractivity contribution >= 4 is 11.9 Å². The number of carbonyl (C=O) groups is 2. The average molecular weight is 227 g/mol. The Bertz CT molecular complexity index is 247. The zero-order valence-corrected chi connectivity index (χ0v) is 9.95. The van der Waals surface area contributed by atoms with Crippen LogP contribution in [-0.4, -0.2) is 34.5 Å². The highest BCUT2D eigenvalue weighted by Crippen LogP contribution is 2.23. The maximum Gasteiger partial charge on any atom is 0.323 e. The maximum absolute atomic E-state index is 11.8. The van der Waals surface area contributed by atoms with Gasteiger partial charge in [-0.15, -0.1) is 0 Å². The molecular formula is C12H21NO3. The Kier molecular flexibility index (Phi) is 5.29. The monoisotopic (exact) mass is 227 g/mol. The van der Waals surface area contributed by atoms with Crippen LogP contribution in [0.2, 0.25) is 0 Å². The second-order valence-corrected chi connectivity index (χ2v) is 4.46. The number of aliphatic carboxylic acids is 1. The van der Waals surface area contributed by atoms with Crippen molar-refractivity contribution in [2.45, 2.75) is 57.9 Å². The maximum atomic E-state index is 11.8. The first-order valence-electron chi connectivity index (χ1n) is 6.16. The van der Waals surface area contributed by atoms with Crippen LogP contribution in [0.5, 0.6) is 0 Å². The molecule has 1 rings (SSSR count). The molecule has 1 saturated carbocycles. The van der Waals surface area contributed by atoms with Gasteiger partial charge in [0.15, 0.2) is 0 Å². The molecule has 1 amide bonds. The highest BCUT2D eigenvalue weighted by Gasteiger charge is 2.26. The van der Waals surface area contributed by atoms with Gasteiger partial charge in [-0.2, -0.15) is 0 Å². The molecule has 1 fully saturated rings. The SMILES string of the molecule is CCCC(=O)N(CC(=O)O)C1CCCCC1. The predicted octanol–water partition coefficient (Wildman–Crippen LogP) is 2.03. The first-order valence-corrected chi connectivity index (χ1v) is 6.16. The van der Waals surface area contributed by atoms with E-state index in [1.807, 2.05) is 6.92 Å². The first kappa shape index (κ1) is 13.0. The van der Waals surface area contributed by atoms with Crippen LogP contribution in [0.25, 0.3) is 0 Å². The normalized spacial score (nSPS) is 17.1. The molecule has 0 spiro atoms. The van der Waals surface area contributed by atoms with Crippen molar-refractivity contribution in [3.63, 3.8) is 0 Å². The number of nitrogens with zero attached hydrogens (tertiary/aromatic N) is 1. The van der Waals surface area contributed by atoms with Gasteiger partial charge < -0.3 is 10.0 Å². The Morgan fingerprint density at radius 1 is 1.25 bits per heavy atom. The fourth-order valence-corrected chi connectivity index (χ4v) is 2.32. The number of carboxylic acids is 1. The summed E-state index contributed by atoms with van der Waals surface area (Å²) in [6, 6.07) is 0.156. The van der Waals surface area contributed by atoms with E-state index >= 15 is 0 Å². The lowest BCUT2D eigenvalue weighted by atomic mass is 9.94. The Morgan fingerprint density at radius 2 is 1.88 bits per heavy atom. The van der Waals surface area contributed by atoms with E-state index in [9.17, 15) is 9.59 Å². The summed E-state index contributed by atoms with van der Waals surface area (Å²) in [6.07, 6.45) is 6.59. The summed E-state index contributed by atoms with van der Waals surface area (Å²) in [6.45, 7) is 1.81. The highest BCUT2D eigenvalue weighted by atomic mass is 16.4. The molecule has 16 heavy (non-hydrogen) atoms. The fraction of sp³-hybridized carbons (Fsp3) is 0.833. The molecule has 0 unspecified atom stereocenters. The molecule has 1 N–H and O–H groups in total. The molecule has 0 bridgehead atoms. The van der Waals surface area contributed by atoms with E-state index in [1.165, 1.54) is 6.42 Å². The van der Waals surface area contributed by atoms with Gasteiger partial charge in [0, 0.05) is 12.5 Å². The predicted molar refractivity (Wildman–Crippen MR) is 61.1 cm³/mol.